The molecule has 0 spiro atoms. The van der Waals surface area contributed by atoms with Crippen LogP contribution in [0.4, 0.5) is 23.4 Å². The summed E-state index contributed by atoms with van der Waals surface area (Å²) in [6.07, 6.45) is -2.56. The SMILES string of the molecule is COc1ccc2c(c1)nc(C(F)(F)F)n2-c1cnc(NC(=O)c2ccccc2CF)cn1. The number of halogens is 4. The Balaban J connectivity index is 1.69. The average molecular weight is 445 g/mol. The topological polar surface area (TPSA) is 81.9 Å². The number of fused-ring (bicyclic) bond motifs is 1. The van der Waals surface area contributed by atoms with Crippen LogP contribution in [0.5, 0.6) is 5.75 Å². The van der Waals surface area contributed by atoms with Crippen LogP contribution in [0.2, 0.25) is 0 Å². The minimum absolute atomic E-state index is 0.00735. The summed E-state index contributed by atoms with van der Waals surface area (Å²) in [4.78, 5) is 24.1. The van der Waals surface area contributed by atoms with Crippen molar-refractivity contribution < 1.29 is 27.1 Å². The number of hydrogen-bond acceptors (Lipinski definition) is 5. The van der Waals surface area contributed by atoms with E-state index in [9.17, 15) is 22.4 Å². The molecule has 0 radical (unpaired) electrons. The molecule has 32 heavy (non-hydrogen) atoms. The van der Waals surface area contributed by atoms with Gasteiger partial charge in [0.2, 0.25) is 5.82 Å². The Hall–Kier alpha value is -4.02. The molecular weight excluding hydrogens is 430 g/mol. The number of aromatic nitrogens is 4. The highest BCUT2D eigenvalue weighted by molar-refractivity contribution is 6.04. The molecule has 0 aliphatic heterocycles. The van der Waals surface area contributed by atoms with Crippen molar-refractivity contribution in [1.82, 2.24) is 19.5 Å². The smallest absolute Gasteiger partial charge is 0.450 e. The molecule has 0 unspecified atom stereocenters. The van der Waals surface area contributed by atoms with E-state index in [2.05, 4.69) is 20.3 Å². The molecule has 1 N–H and O–H groups in total. The van der Waals surface area contributed by atoms with Gasteiger partial charge in [0.25, 0.3) is 5.91 Å². The van der Waals surface area contributed by atoms with Crippen LogP contribution in [0.1, 0.15) is 21.7 Å². The molecule has 7 nitrogen and oxygen atoms in total. The van der Waals surface area contributed by atoms with Crippen molar-refractivity contribution >= 4 is 22.8 Å². The molecule has 2 heterocycles. The van der Waals surface area contributed by atoms with E-state index < -0.39 is 24.6 Å². The number of ether oxygens (including phenoxy) is 1. The molecule has 0 fully saturated rings. The summed E-state index contributed by atoms with van der Waals surface area (Å²) in [6, 6.07) is 10.4. The Morgan fingerprint density at radius 1 is 1.12 bits per heavy atom. The van der Waals surface area contributed by atoms with Crippen LogP contribution in [0.3, 0.4) is 0 Å². The van der Waals surface area contributed by atoms with E-state index in [4.69, 9.17) is 4.74 Å². The first-order chi connectivity index (χ1) is 15.3. The monoisotopic (exact) mass is 445 g/mol. The molecule has 2 aromatic carbocycles. The lowest BCUT2D eigenvalue weighted by Gasteiger charge is -2.11. The summed E-state index contributed by atoms with van der Waals surface area (Å²) in [5.41, 5.74) is 0.541. The van der Waals surface area contributed by atoms with E-state index in [0.29, 0.717) is 5.75 Å². The molecule has 164 valence electrons. The Kier molecular flexibility index (Phi) is 5.47. The first-order valence-electron chi connectivity index (χ1n) is 9.23. The maximum atomic E-state index is 13.6. The van der Waals surface area contributed by atoms with Crippen LogP contribution in [0, 0.1) is 0 Å². The van der Waals surface area contributed by atoms with E-state index in [1.807, 2.05) is 0 Å². The van der Waals surface area contributed by atoms with Crippen molar-refractivity contribution in [1.29, 1.82) is 0 Å². The molecule has 11 heteroatoms. The molecule has 4 aromatic rings. The second-order valence-corrected chi connectivity index (χ2v) is 6.63. The number of nitrogens with one attached hydrogen (secondary N) is 1. The average Bonchev–Trinajstić information content (AvgIpc) is 3.18. The number of benzene rings is 2. The van der Waals surface area contributed by atoms with Crippen LogP contribution >= 0.6 is 0 Å². The lowest BCUT2D eigenvalue weighted by molar-refractivity contribution is -0.145. The number of anilines is 1. The zero-order valence-corrected chi connectivity index (χ0v) is 16.5. The second-order valence-electron chi connectivity index (χ2n) is 6.63. The Labute approximate surface area is 178 Å². The van der Waals surface area contributed by atoms with Crippen molar-refractivity contribution in [3.63, 3.8) is 0 Å². The van der Waals surface area contributed by atoms with Crippen molar-refractivity contribution in [2.75, 3.05) is 12.4 Å². The number of rotatable bonds is 5. The fraction of sp³-hybridized carbons (Fsp3) is 0.143. The van der Waals surface area contributed by atoms with Crippen LogP contribution in [-0.4, -0.2) is 32.5 Å². The molecule has 0 aliphatic rings. The fourth-order valence-electron chi connectivity index (χ4n) is 3.15. The normalized spacial score (nSPS) is 11.5. The van der Waals surface area contributed by atoms with Gasteiger partial charge in [-0.05, 0) is 23.8 Å². The van der Waals surface area contributed by atoms with Crippen molar-refractivity contribution in [3.8, 4) is 11.6 Å². The number of hydrogen-bond donors (Lipinski definition) is 1. The van der Waals surface area contributed by atoms with Gasteiger partial charge in [-0.3, -0.25) is 9.36 Å². The molecule has 0 saturated heterocycles. The molecule has 4 rings (SSSR count). The highest BCUT2D eigenvalue weighted by Crippen LogP contribution is 2.34. The number of methoxy groups -OCH3 is 1. The summed E-state index contributed by atoms with van der Waals surface area (Å²) >= 11 is 0. The predicted molar refractivity (Wildman–Crippen MR) is 107 cm³/mol. The van der Waals surface area contributed by atoms with Crippen LogP contribution in [0.15, 0.2) is 54.9 Å². The molecule has 0 atom stereocenters. The van der Waals surface area contributed by atoms with Crippen LogP contribution in [-0.2, 0) is 12.9 Å². The zero-order chi connectivity index (χ0) is 22.9. The number of imidazole rings is 1. The van der Waals surface area contributed by atoms with Gasteiger partial charge in [0.05, 0.1) is 30.5 Å². The molecule has 1 amide bonds. The fourth-order valence-corrected chi connectivity index (χ4v) is 3.15. The second kappa shape index (κ2) is 8.25. The Morgan fingerprint density at radius 2 is 1.91 bits per heavy atom. The third kappa shape index (κ3) is 3.96. The van der Waals surface area contributed by atoms with E-state index in [0.717, 1.165) is 17.0 Å². The highest BCUT2D eigenvalue weighted by atomic mass is 19.4. The van der Waals surface area contributed by atoms with Crippen molar-refractivity contribution in [3.05, 3.63) is 71.8 Å². The first kappa shape index (κ1) is 21.2. The van der Waals surface area contributed by atoms with Crippen molar-refractivity contribution in [2.45, 2.75) is 12.9 Å². The molecular formula is C21H15F4N5O2. The van der Waals surface area contributed by atoms with Gasteiger partial charge in [0.1, 0.15) is 12.4 Å². The van der Waals surface area contributed by atoms with E-state index in [1.165, 1.54) is 37.4 Å². The maximum absolute atomic E-state index is 13.6. The van der Waals surface area contributed by atoms with Gasteiger partial charge in [-0.25, -0.2) is 19.3 Å². The summed E-state index contributed by atoms with van der Waals surface area (Å²) in [5.74, 6) is -1.59. The van der Waals surface area contributed by atoms with E-state index in [-0.39, 0.29) is 33.8 Å². The summed E-state index contributed by atoms with van der Waals surface area (Å²) in [7, 11) is 1.40. The van der Waals surface area contributed by atoms with Gasteiger partial charge in [-0.1, -0.05) is 18.2 Å². The van der Waals surface area contributed by atoms with Gasteiger partial charge in [-0.2, -0.15) is 13.2 Å². The standard InChI is InChI=1S/C21H15F4N5O2/c1-32-13-6-7-16-15(8-13)28-20(21(23,24)25)30(16)18-11-26-17(10-27-18)29-19(31)14-5-3-2-4-12(14)9-22/h2-8,10-11H,9H2,1H3,(H,26,29,31). The minimum Gasteiger partial charge on any atom is -0.497 e. The lowest BCUT2D eigenvalue weighted by Crippen LogP contribution is -2.17. The predicted octanol–water partition coefficient (Wildman–Crippen LogP) is 4.56. The maximum Gasteiger partial charge on any atom is 0.450 e. The highest BCUT2D eigenvalue weighted by Gasteiger charge is 2.38. The number of nitrogens with zero attached hydrogens (tertiary/aromatic N) is 4. The number of alkyl halides is 4. The van der Waals surface area contributed by atoms with Gasteiger partial charge < -0.3 is 10.1 Å². The quantitative estimate of drug-likeness (QED) is 0.456. The molecule has 2 aromatic heterocycles. The third-order valence-corrected chi connectivity index (χ3v) is 4.63. The van der Waals surface area contributed by atoms with Gasteiger partial charge in [0, 0.05) is 11.6 Å². The summed E-state index contributed by atoms with van der Waals surface area (Å²) in [5, 5.41) is 2.46. The van der Waals surface area contributed by atoms with E-state index >= 15 is 0 Å². The first-order valence-corrected chi connectivity index (χ1v) is 9.23. The van der Waals surface area contributed by atoms with Gasteiger partial charge in [-0.15, -0.1) is 0 Å². The Bertz CT molecular complexity index is 1290. The van der Waals surface area contributed by atoms with Gasteiger partial charge in [0.15, 0.2) is 11.6 Å². The third-order valence-electron chi connectivity index (χ3n) is 4.63. The van der Waals surface area contributed by atoms with Crippen LogP contribution < -0.4 is 10.1 Å². The summed E-state index contributed by atoms with van der Waals surface area (Å²) in [6.45, 7) is -0.826. The minimum atomic E-state index is -4.75. The molecule has 0 aliphatic carbocycles. The number of amides is 1. The lowest BCUT2D eigenvalue weighted by atomic mass is 10.1. The number of carbonyl (C=O) groups is 1. The van der Waals surface area contributed by atoms with Gasteiger partial charge >= 0.3 is 6.18 Å². The Morgan fingerprint density at radius 3 is 2.56 bits per heavy atom. The molecule has 0 bridgehead atoms. The van der Waals surface area contributed by atoms with Crippen LogP contribution in [0.25, 0.3) is 16.9 Å². The largest absolute Gasteiger partial charge is 0.497 e. The van der Waals surface area contributed by atoms with Crippen molar-refractivity contribution in [2.24, 2.45) is 0 Å². The summed E-state index contributed by atoms with van der Waals surface area (Å²) < 4.78 is 59.8. The van der Waals surface area contributed by atoms with E-state index in [1.54, 1.807) is 12.1 Å². The molecule has 0 saturated carbocycles. The zero-order valence-electron chi connectivity index (χ0n) is 16.5. The number of carbonyl (C=O) groups excluding carboxylic acids is 1.